The average Bonchev–Trinajstić information content (AvgIpc) is 3.48. The minimum atomic E-state index is -5.32. The van der Waals surface area contributed by atoms with Crippen LogP contribution < -0.4 is 15.8 Å². The van der Waals surface area contributed by atoms with Crippen LogP contribution in [0.4, 0.5) is 17.6 Å². The van der Waals surface area contributed by atoms with Gasteiger partial charge in [0.2, 0.25) is 11.5 Å². The highest BCUT2D eigenvalue weighted by Gasteiger charge is 2.57. The van der Waals surface area contributed by atoms with Crippen LogP contribution in [0.15, 0.2) is 54.6 Å². The molecule has 0 fully saturated rings. The molecule has 208 valence electrons. The molecule has 0 saturated heterocycles. The second-order valence-electron chi connectivity index (χ2n) is 10.0. The lowest BCUT2D eigenvalue weighted by molar-refractivity contribution is -0.265. The largest absolute Gasteiger partial charge is 0.489 e. The van der Waals surface area contributed by atoms with Crippen LogP contribution in [0.1, 0.15) is 34.2 Å². The number of nitrogens with zero attached hydrogens (tertiary/aromatic N) is 1. The summed E-state index contributed by atoms with van der Waals surface area (Å²) in [7, 11) is 0. The summed E-state index contributed by atoms with van der Waals surface area (Å²) < 4.78 is 62.8. The van der Waals surface area contributed by atoms with E-state index in [4.69, 9.17) is 10.5 Å². The number of benzene rings is 2. The predicted molar refractivity (Wildman–Crippen MR) is 137 cm³/mol. The van der Waals surface area contributed by atoms with Gasteiger partial charge in [-0.05, 0) is 61.9 Å². The summed E-state index contributed by atoms with van der Waals surface area (Å²) in [6.07, 6.45) is -5.32. The van der Waals surface area contributed by atoms with Gasteiger partial charge in [-0.3, -0.25) is 9.59 Å². The van der Waals surface area contributed by atoms with Crippen molar-refractivity contribution in [3.8, 4) is 17.0 Å². The van der Waals surface area contributed by atoms with Crippen molar-refractivity contribution < 1.29 is 37.0 Å². The van der Waals surface area contributed by atoms with Gasteiger partial charge in [0.1, 0.15) is 35.0 Å². The highest BCUT2D eigenvalue weighted by molar-refractivity contribution is 5.98. The molecule has 0 bridgehead atoms. The second-order valence-corrected chi connectivity index (χ2v) is 10.0. The lowest BCUT2D eigenvalue weighted by atomic mass is 9.81. The summed E-state index contributed by atoms with van der Waals surface area (Å²) in [5.41, 5.74) is 0.969. The van der Waals surface area contributed by atoms with Crippen molar-refractivity contribution >= 4 is 22.7 Å². The molecule has 1 aliphatic heterocycles. The first-order valence-electron chi connectivity index (χ1n) is 12.1. The van der Waals surface area contributed by atoms with E-state index in [1.54, 1.807) is 12.1 Å². The number of aromatic nitrogens is 2. The van der Waals surface area contributed by atoms with Crippen molar-refractivity contribution in [1.29, 1.82) is 0 Å². The Morgan fingerprint density at radius 3 is 2.50 bits per heavy atom. The van der Waals surface area contributed by atoms with Crippen LogP contribution in [0.5, 0.6) is 5.75 Å². The van der Waals surface area contributed by atoms with Gasteiger partial charge in [-0.25, -0.2) is 9.37 Å². The van der Waals surface area contributed by atoms with Crippen molar-refractivity contribution in [1.82, 2.24) is 15.3 Å². The van der Waals surface area contributed by atoms with E-state index in [0.717, 1.165) is 23.8 Å². The summed E-state index contributed by atoms with van der Waals surface area (Å²) in [5, 5.41) is 13.9. The van der Waals surface area contributed by atoms with Gasteiger partial charge in [0, 0.05) is 22.0 Å². The molecule has 0 radical (unpaired) electrons. The van der Waals surface area contributed by atoms with Crippen LogP contribution >= 0.6 is 0 Å². The number of amides is 2. The fourth-order valence-electron chi connectivity index (χ4n) is 4.61. The molecule has 12 heteroatoms. The maximum Gasteiger partial charge on any atom is 0.424 e. The quantitative estimate of drug-likeness (QED) is 0.267. The number of aliphatic hydroxyl groups is 1. The summed E-state index contributed by atoms with van der Waals surface area (Å²) in [4.78, 5) is 32.1. The zero-order valence-electron chi connectivity index (χ0n) is 21.3. The van der Waals surface area contributed by atoms with Crippen LogP contribution in [-0.4, -0.2) is 46.2 Å². The number of halogens is 4. The second kappa shape index (κ2) is 9.33. The number of nitrogens with one attached hydrogen (secondary N) is 2. The number of aryl methyl sites for hydroxylation is 1. The molecule has 4 aromatic rings. The molecular weight excluding hydrogens is 532 g/mol. The molecule has 0 saturated carbocycles. The topological polar surface area (TPSA) is 130 Å². The van der Waals surface area contributed by atoms with Gasteiger partial charge < -0.3 is 25.9 Å². The number of carbonyl (C=O) groups is 2. The maximum absolute atomic E-state index is 14.5. The van der Waals surface area contributed by atoms with Gasteiger partial charge >= 0.3 is 6.18 Å². The van der Waals surface area contributed by atoms with Crippen LogP contribution in [0.25, 0.3) is 22.2 Å². The van der Waals surface area contributed by atoms with E-state index < -0.39 is 47.1 Å². The summed E-state index contributed by atoms with van der Waals surface area (Å²) in [6, 6.07) is 12.5. The van der Waals surface area contributed by atoms with E-state index in [1.165, 1.54) is 25.1 Å². The van der Waals surface area contributed by atoms with E-state index in [1.807, 2.05) is 13.0 Å². The fourth-order valence-corrected chi connectivity index (χ4v) is 4.61. The first kappa shape index (κ1) is 27.1. The number of rotatable bonds is 6. The normalized spacial score (nSPS) is 18.2. The van der Waals surface area contributed by atoms with Crippen LogP contribution in [0.3, 0.4) is 0 Å². The Balaban J connectivity index is 1.58. The zero-order chi connectivity index (χ0) is 29.0. The maximum atomic E-state index is 14.5. The van der Waals surface area contributed by atoms with E-state index in [-0.39, 0.29) is 34.9 Å². The number of aromatic amines is 1. The van der Waals surface area contributed by atoms with Gasteiger partial charge in [0.15, 0.2) is 0 Å². The Bertz CT molecular complexity index is 1650. The van der Waals surface area contributed by atoms with Crippen molar-refractivity contribution in [2.45, 2.75) is 31.0 Å². The SMILES string of the molecule is Cc1ccc2cc(C(=O)NCC(O)(c3cc4c(c(-c5ccc(F)cc5)n3)OC[C@]4(C)C(N)=O)C(F)(F)F)[nH]c2c1. The summed E-state index contributed by atoms with van der Waals surface area (Å²) in [6.45, 7) is 1.66. The number of ether oxygens (including phenoxy) is 1. The van der Waals surface area contributed by atoms with E-state index in [2.05, 4.69) is 15.3 Å². The number of hydrogen-bond acceptors (Lipinski definition) is 5. The molecular formula is C28H24F4N4O4. The standard InChI is InChI=1S/C28H24F4N4O4/c1-14-3-4-16-10-20(35-19(16)9-14)24(37)34-12-27(39,28(30,31)32)21-11-18-23(40-13-26(18,2)25(33)38)22(36-21)15-5-7-17(29)8-6-15/h3-11,35,39H,12-13H2,1-2H3,(H2,33,38)(H,34,37)/t26-,27?/m0/s1. The lowest BCUT2D eigenvalue weighted by Crippen LogP contribution is -2.52. The molecule has 2 aromatic carbocycles. The number of primary amides is 1. The summed E-state index contributed by atoms with van der Waals surface area (Å²) in [5.74, 6) is -2.37. The Labute approximate surface area is 225 Å². The molecule has 40 heavy (non-hydrogen) atoms. The predicted octanol–water partition coefficient (Wildman–Crippen LogP) is 3.99. The van der Waals surface area contributed by atoms with Crippen molar-refractivity contribution in [2.75, 3.05) is 13.2 Å². The molecule has 2 atom stereocenters. The Kier molecular flexibility index (Phi) is 6.33. The molecule has 1 aliphatic rings. The Morgan fingerprint density at radius 1 is 1.15 bits per heavy atom. The molecule has 2 amide bonds. The number of hydrogen-bond donors (Lipinski definition) is 4. The number of pyridine rings is 1. The zero-order valence-corrected chi connectivity index (χ0v) is 21.3. The van der Waals surface area contributed by atoms with E-state index >= 15 is 0 Å². The van der Waals surface area contributed by atoms with Gasteiger partial charge in [-0.15, -0.1) is 0 Å². The molecule has 1 unspecified atom stereocenters. The molecule has 0 aliphatic carbocycles. The molecule has 5 N–H and O–H groups in total. The van der Waals surface area contributed by atoms with Gasteiger partial charge in [-0.1, -0.05) is 12.1 Å². The van der Waals surface area contributed by atoms with E-state index in [9.17, 15) is 32.3 Å². The van der Waals surface area contributed by atoms with Crippen molar-refractivity contribution in [2.24, 2.45) is 5.73 Å². The number of fused-ring (bicyclic) bond motifs is 2. The Morgan fingerprint density at radius 2 is 1.85 bits per heavy atom. The Hall–Kier alpha value is -4.45. The third-order valence-corrected chi connectivity index (χ3v) is 7.15. The van der Waals surface area contributed by atoms with Crippen molar-refractivity contribution in [3.05, 3.63) is 82.9 Å². The minimum absolute atomic E-state index is 0.00579. The van der Waals surface area contributed by atoms with Crippen LogP contribution in [-0.2, 0) is 15.8 Å². The third-order valence-electron chi connectivity index (χ3n) is 7.15. The fraction of sp³-hybridized carbons (Fsp3) is 0.250. The number of H-pyrrole nitrogens is 1. The lowest BCUT2D eigenvalue weighted by Gasteiger charge is -2.31. The number of alkyl halides is 3. The van der Waals surface area contributed by atoms with Gasteiger partial charge in [0.05, 0.1) is 12.2 Å². The monoisotopic (exact) mass is 556 g/mol. The molecule has 3 heterocycles. The molecule has 2 aromatic heterocycles. The summed E-state index contributed by atoms with van der Waals surface area (Å²) >= 11 is 0. The van der Waals surface area contributed by atoms with Crippen LogP contribution in [0.2, 0.25) is 0 Å². The average molecular weight is 557 g/mol. The highest BCUT2D eigenvalue weighted by Crippen LogP contribution is 2.47. The van der Waals surface area contributed by atoms with Gasteiger partial charge in [-0.2, -0.15) is 13.2 Å². The highest BCUT2D eigenvalue weighted by atomic mass is 19.4. The van der Waals surface area contributed by atoms with Crippen LogP contribution in [0, 0.1) is 12.7 Å². The molecule has 0 spiro atoms. The first-order valence-corrected chi connectivity index (χ1v) is 12.1. The number of nitrogens with two attached hydrogens (primary N) is 1. The molecule has 8 nitrogen and oxygen atoms in total. The third kappa shape index (κ3) is 4.43. The van der Waals surface area contributed by atoms with Crippen molar-refractivity contribution in [3.63, 3.8) is 0 Å². The molecule has 5 rings (SSSR count). The van der Waals surface area contributed by atoms with Gasteiger partial charge in [0.25, 0.3) is 5.91 Å². The number of carbonyl (C=O) groups excluding carboxylic acids is 2. The van der Waals surface area contributed by atoms with E-state index in [0.29, 0.717) is 10.9 Å². The first-order chi connectivity index (χ1) is 18.7. The minimum Gasteiger partial charge on any atom is -0.489 e. The smallest absolute Gasteiger partial charge is 0.424 e.